The van der Waals surface area contributed by atoms with Crippen molar-refractivity contribution in [3.8, 4) is 0 Å². The third-order valence-corrected chi connectivity index (χ3v) is 2.18. The number of rotatable bonds is 3. The fourth-order valence-corrected chi connectivity index (χ4v) is 1.40. The lowest BCUT2D eigenvalue weighted by atomic mass is 10.2. The Hall–Kier alpha value is -2.17. The fraction of sp³-hybridized carbons (Fsp3) is 0.182. The van der Waals surface area contributed by atoms with Gasteiger partial charge in [-0.3, -0.25) is 0 Å². The quantitative estimate of drug-likeness (QED) is 0.723. The van der Waals surface area contributed by atoms with Crippen LogP contribution in [0.25, 0.3) is 0 Å². The lowest BCUT2D eigenvalue weighted by Crippen LogP contribution is -2.12. The van der Waals surface area contributed by atoms with Gasteiger partial charge in [-0.25, -0.2) is 4.79 Å². The summed E-state index contributed by atoms with van der Waals surface area (Å²) in [6.07, 6.45) is 1.51. The highest BCUT2D eigenvalue weighted by Crippen LogP contribution is 2.04. The van der Waals surface area contributed by atoms with Crippen LogP contribution in [-0.4, -0.2) is 27.8 Å². The van der Waals surface area contributed by atoms with E-state index in [2.05, 4.69) is 14.9 Å². The highest BCUT2D eigenvalue weighted by Gasteiger charge is 2.13. The second-order valence-electron chi connectivity index (χ2n) is 3.26. The molecule has 0 bridgehead atoms. The van der Waals surface area contributed by atoms with Crippen molar-refractivity contribution in [2.24, 2.45) is 0 Å². The molecule has 0 aliphatic rings. The molecule has 1 aromatic carbocycles. The van der Waals surface area contributed by atoms with Gasteiger partial charge in [0.1, 0.15) is 6.33 Å². The number of aromatic nitrogens is 3. The van der Waals surface area contributed by atoms with Crippen LogP contribution in [-0.2, 0) is 11.3 Å². The SMILES string of the molecule is COC(=O)c1nncn1Cc1ccccc1. The van der Waals surface area contributed by atoms with Crippen molar-refractivity contribution in [1.82, 2.24) is 14.8 Å². The summed E-state index contributed by atoms with van der Waals surface area (Å²) in [6.45, 7) is 0.554. The lowest BCUT2D eigenvalue weighted by molar-refractivity contribution is 0.0581. The Bertz CT molecular complexity index is 479. The molecule has 1 aromatic heterocycles. The second-order valence-corrected chi connectivity index (χ2v) is 3.26. The molecule has 0 fully saturated rings. The Kier molecular flexibility index (Phi) is 2.95. The zero-order valence-electron chi connectivity index (χ0n) is 8.83. The van der Waals surface area contributed by atoms with Crippen LogP contribution in [0.2, 0.25) is 0 Å². The fourth-order valence-electron chi connectivity index (χ4n) is 1.40. The van der Waals surface area contributed by atoms with Gasteiger partial charge in [-0.05, 0) is 5.56 Å². The number of hydrogen-bond donors (Lipinski definition) is 0. The first-order chi connectivity index (χ1) is 7.81. The number of nitrogens with zero attached hydrogens (tertiary/aromatic N) is 3. The van der Waals surface area contributed by atoms with Gasteiger partial charge < -0.3 is 9.30 Å². The standard InChI is InChI=1S/C11H11N3O2/c1-16-11(15)10-13-12-8-14(10)7-9-5-3-2-4-6-9/h2-6,8H,7H2,1H3. The Morgan fingerprint density at radius 3 is 2.81 bits per heavy atom. The van der Waals surface area contributed by atoms with Gasteiger partial charge in [0.15, 0.2) is 0 Å². The summed E-state index contributed by atoms with van der Waals surface area (Å²) in [5.41, 5.74) is 1.08. The maximum atomic E-state index is 11.3. The second kappa shape index (κ2) is 4.57. The average Bonchev–Trinajstić information content (AvgIpc) is 2.77. The number of hydrogen-bond acceptors (Lipinski definition) is 4. The highest BCUT2D eigenvalue weighted by atomic mass is 16.5. The van der Waals surface area contributed by atoms with Crippen molar-refractivity contribution in [3.05, 3.63) is 48.0 Å². The Labute approximate surface area is 92.7 Å². The van der Waals surface area contributed by atoms with Crippen LogP contribution in [0.5, 0.6) is 0 Å². The molecule has 0 saturated carbocycles. The maximum absolute atomic E-state index is 11.3. The van der Waals surface area contributed by atoms with Gasteiger partial charge in [0.2, 0.25) is 5.82 Å². The summed E-state index contributed by atoms with van der Waals surface area (Å²) >= 11 is 0. The molecule has 2 aromatic rings. The van der Waals surface area contributed by atoms with E-state index in [9.17, 15) is 4.79 Å². The van der Waals surface area contributed by atoms with E-state index in [1.54, 1.807) is 4.57 Å². The maximum Gasteiger partial charge on any atom is 0.376 e. The predicted molar refractivity (Wildman–Crippen MR) is 56.9 cm³/mol. The molecule has 0 saturated heterocycles. The molecule has 0 unspecified atom stereocenters. The number of benzene rings is 1. The summed E-state index contributed by atoms with van der Waals surface area (Å²) in [6, 6.07) is 9.77. The molecule has 82 valence electrons. The van der Waals surface area contributed by atoms with Crippen molar-refractivity contribution < 1.29 is 9.53 Å². The van der Waals surface area contributed by atoms with Crippen molar-refractivity contribution in [2.45, 2.75) is 6.54 Å². The number of esters is 1. The van der Waals surface area contributed by atoms with E-state index in [0.717, 1.165) is 5.56 Å². The molecule has 0 amide bonds. The van der Waals surface area contributed by atoms with Crippen molar-refractivity contribution in [2.75, 3.05) is 7.11 Å². The van der Waals surface area contributed by atoms with Gasteiger partial charge in [0.25, 0.3) is 0 Å². The summed E-state index contributed by atoms with van der Waals surface area (Å²) in [5.74, 6) is -0.264. The minimum absolute atomic E-state index is 0.214. The molecular formula is C11H11N3O2. The van der Waals surface area contributed by atoms with Crippen molar-refractivity contribution >= 4 is 5.97 Å². The number of methoxy groups -OCH3 is 1. The first-order valence-electron chi connectivity index (χ1n) is 4.81. The number of ether oxygens (including phenoxy) is 1. The first kappa shape index (κ1) is 10.4. The zero-order valence-corrected chi connectivity index (χ0v) is 8.83. The van der Waals surface area contributed by atoms with Crippen molar-refractivity contribution in [1.29, 1.82) is 0 Å². The monoisotopic (exact) mass is 217 g/mol. The normalized spacial score (nSPS) is 10.1. The Morgan fingerprint density at radius 2 is 2.12 bits per heavy atom. The molecule has 16 heavy (non-hydrogen) atoms. The van der Waals surface area contributed by atoms with Crippen LogP contribution in [0.3, 0.4) is 0 Å². The highest BCUT2D eigenvalue weighted by molar-refractivity contribution is 5.85. The predicted octanol–water partition coefficient (Wildman–Crippen LogP) is 1.11. The molecular weight excluding hydrogens is 206 g/mol. The molecule has 2 rings (SSSR count). The molecule has 5 nitrogen and oxygen atoms in total. The summed E-state index contributed by atoms with van der Waals surface area (Å²) in [4.78, 5) is 11.3. The summed E-state index contributed by atoms with van der Waals surface area (Å²) < 4.78 is 6.26. The molecule has 0 aliphatic heterocycles. The summed E-state index contributed by atoms with van der Waals surface area (Å²) in [5, 5.41) is 7.42. The Morgan fingerprint density at radius 1 is 1.38 bits per heavy atom. The largest absolute Gasteiger partial charge is 0.463 e. The van der Waals surface area contributed by atoms with E-state index < -0.39 is 5.97 Å². The van der Waals surface area contributed by atoms with Crippen LogP contribution in [0.15, 0.2) is 36.7 Å². The summed E-state index contributed by atoms with van der Waals surface area (Å²) in [7, 11) is 1.32. The van der Waals surface area contributed by atoms with Crippen LogP contribution < -0.4 is 0 Å². The third kappa shape index (κ3) is 2.08. The van der Waals surface area contributed by atoms with Crippen molar-refractivity contribution in [3.63, 3.8) is 0 Å². The van der Waals surface area contributed by atoms with E-state index in [1.165, 1.54) is 13.4 Å². The first-order valence-corrected chi connectivity index (χ1v) is 4.81. The van der Waals surface area contributed by atoms with E-state index in [-0.39, 0.29) is 5.82 Å². The zero-order chi connectivity index (χ0) is 11.4. The Balaban J connectivity index is 2.22. The molecule has 0 aliphatic carbocycles. The molecule has 5 heteroatoms. The number of carbonyl (C=O) groups is 1. The van der Waals surface area contributed by atoms with Gasteiger partial charge in [-0.2, -0.15) is 0 Å². The van der Waals surface area contributed by atoms with Crippen LogP contribution >= 0.6 is 0 Å². The lowest BCUT2D eigenvalue weighted by Gasteiger charge is -2.04. The van der Waals surface area contributed by atoms with Crippen LogP contribution in [0, 0.1) is 0 Å². The molecule has 0 N–H and O–H groups in total. The third-order valence-electron chi connectivity index (χ3n) is 2.18. The van der Waals surface area contributed by atoms with Gasteiger partial charge in [0, 0.05) is 0 Å². The van der Waals surface area contributed by atoms with Gasteiger partial charge in [0.05, 0.1) is 13.7 Å². The molecule has 1 heterocycles. The van der Waals surface area contributed by atoms with E-state index >= 15 is 0 Å². The van der Waals surface area contributed by atoms with E-state index in [4.69, 9.17) is 0 Å². The average molecular weight is 217 g/mol. The topological polar surface area (TPSA) is 57.0 Å². The smallest absolute Gasteiger partial charge is 0.376 e. The van der Waals surface area contributed by atoms with E-state index in [0.29, 0.717) is 6.54 Å². The number of carbonyl (C=O) groups excluding carboxylic acids is 1. The van der Waals surface area contributed by atoms with Gasteiger partial charge in [-0.15, -0.1) is 10.2 Å². The van der Waals surface area contributed by atoms with Gasteiger partial charge >= 0.3 is 5.97 Å². The van der Waals surface area contributed by atoms with Gasteiger partial charge in [-0.1, -0.05) is 30.3 Å². The van der Waals surface area contributed by atoms with Crippen LogP contribution in [0.4, 0.5) is 0 Å². The van der Waals surface area contributed by atoms with E-state index in [1.807, 2.05) is 30.3 Å². The molecule has 0 atom stereocenters. The minimum atomic E-state index is -0.478. The van der Waals surface area contributed by atoms with Crippen LogP contribution in [0.1, 0.15) is 16.2 Å². The molecule has 0 spiro atoms. The molecule has 0 radical (unpaired) electrons. The minimum Gasteiger partial charge on any atom is -0.463 e.